The zero-order valence-corrected chi connectivity index (χ0v) is 16.2. The van der Waals surface area contributed by atoms with Gasteiger partial charge in [-0.3, -0.25) is 4.79 Å². The molecule has 5 heteroatoms. The van der Waals surface area contributed by atoms with Gasteiger partial charge in [0.1, 0.15) is 0 Å². The third-order valence-electron chi connectivity index (χ3n) is 4.29. The molecule has 1 amide bonds. The van der Waals surface area contributed by atoms with Crippen LogP contribution in [0.25, 0.3) is 28.2 Å². The van der Waals surface area contributed by atoms with E-state index in [1.54, 1.807) is 10.6 Å². The van der Waals surface area contributed by atoms with Crippen molar-refractivity contribution in [2.45, 2.75) is 26.3 Å². The average Bonchev–Trinajstić information content (AvgIpc) is 3.12. The van der Waals surface area contributed by atoms with E-state index < -0.39 is 0 Å². The lowest BCUT2D eigenvalue weighted by atomic mass is 10.1. The molecule has 0 aliphatic heterocycles. The minimum Gasteiger partial charge on any atom is -0.346 e. The SMILES string of the molecule is CC(C)(C)NC(=O)c1cc2nc(-c3ccccc3)cc(-c3ccccc3)n2n1. The van der Waals surface area contributed by atoms with E-state index in [0.29, 0.717) is 11.3 Å². The normalized spacial score (nSPS) is 11.5. The molecule has 0 saturated heterocycles. The van der Waals surface area contributed by atoms with Crippen LogP contribution in [0.5, 0.6) is 0 Å². The predicted octanol–water partition coefficient (Wildman–Crippen LogP) is 4.59. The number of hydrogen-bond donors (Lipinski definition) is 1. The molecule has 28 heavy (non-hydrogen) atoms. The molecule has 0 saturated carbocycles. The third kappa shape index (κ3) is 3.64. The molecule has 0 bridgehead atoms. The highest BCUT2D eigenvalue weighted by molar-refractivity contribution is 5.94. The lowest BCUT2D eigenvalue weighted by molar-refractivity contribution is 0.0914. The Bertz CT molecular complexity index is 1130. The van der Waals surface area contributed by atoms with Gasteiger partial charge >= 0.3 is 0 Å². The van der Waals surface area contributed by atoms with E-state index in [9.17, 15) is 4.79 Å². The number of carbonyl (C=O) groups excluding carboxylic acids is 1. The molecule has 0 radical (unpaired) electrons. The number of fused-ring (bicyclic) bond motifs is 1. The molecule has 0 aliphatic carbocycles. The molecule has 4 rings (SSSR count). The molecule has 1 N–H and O–H groups in total. The van der Waals surface area contributed by atoms with Gasteiger partial charge in [-0.05, 0) is 26.8 Å². The van der Waals surface area contributed by atoms with Gasteiger partial charge in [-0.2, -0.15) is 5.10 Å². The smallest absolute Gasteiger partial charge is 0.272 e. The number of aromatic nitrogens is 3. The summed E-state index contributed by atoms with van der Waals surface area (Å²) in [5.41, 5.74) is 4.41. The topological polar surface area (TPSA) is 59.3 Å². The van der Waals surface area contributed by atoms with E-state index in [2.05, 4.69) is 10.4 Å². The van der Waals surface area contributed by atoms with Gasteiger partial charge in [-0.1, -0.05) is 60.7 Å². The Morgan fingerprint density at radius 1 is 0.893 bits per heavy atom. The molecule has 2 aromatic heterocycles. The molecule has 0 spiro atoms. The Labute approximate surface area is 164 Å². The Hall–Kier alpha value is -3.47. The van der Waals surface area contributed by atoms with Crippen molar-refractivity contribution >= 4 is 11.6 Å². The standard InChI is InChI=1S/C23H22N4O/c1-23(2,3)25-22(28)19-15-21-24-18(16-10-6-4-7-11-16)14-20(27(21)26-19)17-12-8-5-9-13-17/h4-15H,1-3H3,(H,25,28). The van der Waals surface area contributed by atoms with Crippen LogP contribution < -0.4 is 5.32 Å². The van der Waals surface area contributed by atoms with Crippen molar-refractivity contribution in [2.24, 2.45) is 0 Å². The van der Waals surface area contributed by atoms with Crippen LogP contribution in [0.1, 0.15) is 31.3 Å². The summed E-state index contributed by atoms with van der Waals surface area (Å²) >= 11 is 0. The minimum absolute atomic E-state index is 0.210. The quantitative estimate of drug-likeness (QED) is 0.574. The van der Waals surface area contributed by atoms with E-state index in [4.69, 9.17) is 4.98 Å². The molecule has 0 aliphatic rings. The Morgan fingerprint density at radius 3 is 2.11 bits per heavy atom. The first-order chi connectivity index (χ1) is 13.4. The van der Waals surface area contributed by atoms with Gasteiger partial charge in [-0.25, -0.2) is 9.50 Å². The second kappa shape index (κ2) is 6.93. The first-order valence-electron chi connectivity index (χ1n) is 9.25. The van der Waals surface area contributed by atoms with Crippen molar-refractivity contribution in [3.63, 3.8) is 0 Å². The molecular formula is C23H22N4O. The number of hydrogen-bond acceptors (Lipinski definition) is 3. The van der Waals surface area contributed by atoms with Crippen LogP contribution >= 0.6 is 0 Å². The van der Waals surface area contributed by atoms with Crippen LogP contribution in [0.3, 0.4) is 0 Å². The van der Waals surface area contributed by atoms with Crippen LogP contribution in [0.15, 0.2) is 72.8 Å². The maximum absolute atomic E-state index is 12.6. The summed E-state index contributed by atoms with van der Waals surface area (Å²) in [7, 11) is 0. The van der Waals surface area contributed by atoms with E-state index in [-0.39, 0.29) is 11.4 Å². The van der Waals surface area contributed by atoms with E-state index in [1.165, 1.54) is 0 Å². The van der Waals surface area contributed by atoms with Crippen LogP contribution in [0.2, 0.25) is 0 Å². The number of benzene rings is 2. The number of amides is 1. The second-order valence-corrected chi connectivity index (χ2v) is 7.76. The van der Waals surface area contributed by atoms with Crippen molar-refractivity contribution in [1.82, 2.24) is 19.9 Å². The minimum atomic E-state index is -0.336. The average molecular weight is 370 g/mol. The number of carbonyl (C=O) groups is 1. The van der Waals surface area contributed by atoms with Crippen LogP contribution in [-0.4, -0.2) is 26.0 Å². The highest BCUT2D eigenvalue weighted by Gasteiger charge is 2.20. The third-order valence-corrected chi connectivity index (χ3v) is 4.29. The Balaban J connectivity index is 1.90. The Morgan fingerprint density at radius 2 is 1.50 bits per heavy atom. The number of nitrogens with one attached hydrogen (secondary N) is 1. The highest BCUT2D eigenvalue weighted by Crippen LogP contribution is 2.26. The lowest BCUT2D eigenvalue weighted by Gasteiger charge is -2.19. The molecule has 5 nitrogen and oxygen atoms in total. The number of nitrogens with zero attached hydrogens (tertiary/aromatic N) is 3. The van der Waals surface area contributed by atoms with Crippen molar-refractivity contribution in [2.75, 3.05) is 0 Å². The monoisotopic (exact) mass is 370 g/mol. The summed E-state index contributed by atoms with van der Waals surface area (Å²) in [6.07, 6.45) is 0. The first-order valence-corrected chi connectivity index (χ1v) is 9.25. The summed E-state index contributed by atoms with van der Waals surface area (Å²) in [5, 5.41) is 7.51. The summed E-state index contributed by atoms with van der Waals surface area (Å²) in [6, 6.07) is 23.8. The fourth-order valence-electron chi connectivity index (χ4n) is 3.06. The fraction of sp³-hybridized carbons (Fsp3) is 0.174. The fourth-order valence-corrected chi connectivity index (χ4v) is 3.06. The Kier molecular flexibility index (Phi) is 4.43. The largest absolute Gasteiger partial charge is 0.346 e. The van der Waals surface area contributed by atoms with Gasteiger partial charge in [0.25, 0.3) is 5.91 Å². The van der Waals surface area contributed by atoms with E-state index in [1.807, 2.05) is 87.5 Å². The predicted molar refractivity (Wildman–Crippen MR) is 111 cm³/mol. The molecule has 2 aromatic carbocycles. The molecule has 2 heterocycles. The van der Waals surface area contributed by atoms with Crippen molar-refractivity contribution in [1.29, 1.82) is 0 Å². The zero-order valence-electron chi connectivity index (χ0n) is 16.2. The highest BCUT2D eigenvalue weighted by atomic mass is 16.2. The summed E-state index contributed by atoms with van der Waals surface area (Å²) in [4.78, 5) is 17.4. The van der Waals surface area contributed by atoms with Gasteiger partial charge in [0.05, 0.1) is 11.4 Å². The summed E-state index contributed by atoms with van der Waals surface area (Å²) < 4.78 is 1.74. The maximum Gasteiger partial charge on any atom is 0.272 e. The van der Waals surface area contributed by atoms with Crippen LogP contribution in [-0.2, 0) is 0 Å². The molecule has 140 valence electrons. The molecule has 0 fully saturated rings. The summed E-state index contributed by atoms with van der Waals surface area (Å²) in [6.45, 7) is 5.84. The molecule has 0 atom stereocenters. The van der Waals surface area contributed by atoms with Gasteiger partial charge in [0.2, 0.25) is 0 Å². The number of rotatable bonds is 3. The van der Waals surface area contributed by atoms with Crippen molar-refractivity contribution < 1.29 is 4.79 Å². The zero-order chi connectivity index (χ0) is 19.7. The van der Waals surface area contributed by atoms with Crippen molar-refractivity contribution in [3.8, 4) is 22.5 Å². The van der Waals surface area contributed by atoms with E-state index in [0.717, 1.165) is 22.5 Å². The van der Waals surface area contributed by atoms with Gasteiger partial charge in [0.15, 0.2) is 11.3 Å². The van der Waals surface area contributed by atoms with Gasteiger partial charge in [0, 0.05) is 22.7 Å². The van der Waals surface area contributed by atoms with Crippen LogP contribution in [0, 0.1) is 0 Å². The van der Waals surface area contributed by atoms with Crippen molar-refractivity contribution in [3.05, 3.63) is 78.5 Å². The lowest BCUT2D eigenvalue weighted by Crippen LogP contribution is -2.40. The molecule has 4 aromatic rings. The van der Waals surface area contributed by atoms with E-state index >= 15 is 0 Å². The molecule has 0 unspecified atom stereocenters. The van der Waals surface area contributed by atoms with Gasteiger partial charge < -0.3 is 5.32 Å². The second-order valence-electron chi connectivity index (χ2n) is 7.76. The first kappa shape index (κ1) is 17.9. The van der Waals surface area contributed by atoms with Crippen LogP contribution in [0.4, 0.5) is 0 Å². The van der Waals surface area contributed by atoms with Gasteiger partial charge in [-0.15, -0.1) is 0 Å². The maximum atomic E-state index is 12.6. The molecular weight excluding hydrogens is 348 g/mol. The summed E-state index contributed by atoms with van der Waals surface area (Å²) in [5.74, 6) is -0.210.